The van der Waals surface area contributed by atoms with E-state index in [1.165, 1.54) is 6.20 Å². The fourth-order valence-corrected chi connectivity index (χ4v) is 4.26. The monoisotopic (exact) mass is 281 g/mol. The Balaban J connectivity index is 3.01. The average molecular weight is 281 g/mol. The zero-order valence-corrected chi connectivity index (χ0v) is 10.4. The lowest BCUT2D eigenvalue weighted by molar-refractivity contribution is 0.579. The van der Waals surface area contributed by atoms with Crippen LogP contribution in [-0.2, 0) is 19.9 Å². The minimum Gasteiger partial charge on any atom is -0.279 e. The quantitative estimate of drug-likeness (QED) is 0.793. The first-order valence-electron chi connectivity index (χ1n) is 3.89. The van der Waals surface area contributed by atoms with Crippen LogP contribution in [0.25, 0.3) is 4.96 Å². The molecule has 0 atom stereocenters. The standard InChI is InChI=1S/C6H7N3O4S3/c1-15(10,11)4-5(16(7,12)13)9-2-3-14-6(9)8-4/h2-3H,1H3,(H2,7,12,13). The summed E-state index contributed by atoms with van der Waals surface area (Å²) in [6, 6.07) is 0. The minimum absolute atomic E-state index is 0.268. The van der Waals surface area contributed by atoms with E-state index in [1.807, 2.05) is 0 Å². The van der Waals surface area contributed by atoms with Crippen LogP contribution >= 0.6 is 11.3 Å². The lowest BCUT2D eigenvalue weighted by Gasteiger charge is -1.98. The van der Waals surface area contributed by atoms with E-state index in [9.17, 15) is 16.8 Å². The van der Waals surface area contributed by atoms with Gasteiger partial charge >= 0.3 is 0 Å². The molecule has 2 aromatic heterocycles. The lowest BCUT2D eigenvalue weighted by Crippen LogP contribution is -2.17. The molecule has 2 rings (SSSR count). The Hall–Kier alpha value is -0.970. The highest BCUT2D eigenvalue weighted by Crippen LogP contribution is 2.23. The van der Waals surface area contributed by atoms with Gasteiger partial charge in [0.15, 0.2) is 24.9 Å². The van der Waals surface area contributed by atoms with E-state index < -0.39 is 29.9 Å². The first-order valence-corrected chi connectivity index (χ1v) is 8.21. The Bertz CT molecular complexity index is 752. The molecule has 0 bridgehead atoms. The van der Waals surface area contributed by atoms with Gasteiger partial charge in [-0.2, -0.15) is 0 Å². The molecule has 0 aliphatic carbocycles. The number of rotatable bonds is 2. The Morgan fingerprint density at radius 3 is 2.50 bits per heavy atom. The maximum atomic E-state index is 11.4. The molecule has 0 saturated carbocycles. The van der Waals surface area contributed by atoms with Crippen molar-refractivity contribution in [3.05, 3.63) is 11.6 Å². The van der Waals surface area contributed by atoms with E-state index in [4.69, 9.17) is 5.14 Å². The number of nitrogens with two attached hydrogens (primary N) is 1. The zero-order chi connectivity index (χ0) is 12.1. The summed E-state index contributed by atoms with van der Waals surface area (Å²) < 4.78 is 46.6. The highest BCUT2D eigenvalue weighted by molar-refractivity contribution is 7.93. The first-order chi connectivity index (χ1) is 7.21. The van der Waals surface area contributed by atoms with Gasteiger partial charge in [0.25, 0.3) is 10.0 Å². The Morgan fingerprint density at radius 1 is 1.38 bits per heavy atom. The largest absolute Gasteiger partial charge is 0.279 e. The third-order valence-electron chi connectivity index (χ3n) is 1.81. The predicted molar refractivity (Wildman–Crippen MR) is 57.6 cm³/mol. The van der Waals surface area contributed by atoms with Crippen LogP contribution in [0.15, 0.2) is 21.6 Å². The molecule has 7 nitrogen and oxygen atoms in total. The maximum Gasteiger partial charge on any atom is 0.257 e. The number of aromatic nitrogens is 2. The molecule has 16 heavy (non-hydrogen) atoms. The summed E-state index contributed by atoms with van der Waals surface area (Å²) in [5.41, 5.74) is 0. The summed E-state index contributed by atoms with van der Waals surface area (Å²) in [7, 11) is -7.87. The second-order valence-electron chi connectivity index (χ2n) is 3.09. The van der Waals surface area contributed by atoms with Crippen molar-refractivity contribution in [2.24, 2.45) is 5.14 Å². The van der Waals surface area contributed by atoms with Gasteiger partial charge in [0.1, 0.15) is 0 Å². The lowest BCUT2D eigenvalue weighted by atomic mass is 10.9. The van der Waals surface area contributed by atoms with Crippen molar-refractivity contribution >= 4 is 36.2 Å². The Kier molecular flexibility index (Phi) is 2.35. The molecule has 2 heterocycles. The van der Waals surface area contributed by atoms with E-state index >= 15 is 0 Å². The third kappa shape index (κ3) is 1.73. The van der Waals surface area contributed by atoms with Crippen LogP contribution in [0.1, 0.15) is 0 Å². The van der Waals surface area contributed by atoms with Crippen LogP contribution in [-0.4, -0.2) is 32.5 Å². The maximum absolute atomic E-state index is 11.4. The van der Waals surface area contributed by atoms with Gasteiger partial charge in [0.2, 0.25) is 0 Å². The second-order valence-corrected chi connectivity index (χ2v) is 7.38. The molecule has 0 aliphatic rings. The highest BCUT2D eigenvalue weighted by atomic mass is 32.2. The molecule has 10 heteroatoms. The van der Waals surface area contributed by atoms with E-state index in [0.717, 1.165) is 22.0 Å². The smallest absolute Gasteiger partial charge is 0.257 e. The molecule has 2 N–H and O–H groups in total. The normalized spacial score (nSPS) is 13.4. The topological polar surface area (TPSA) is 112 Å². The first kappa shape index (κ1) is 11.5. The van der Waals surface area contributed by atoms with Gasteiger partial charge < -0.3 is 0 Å². The predicted octanol–water partition coefficient (Wildman–Crippen LogP) is -0.553. The van der Waals surface area contributed by atoms with Gasteiger partial charge in [0.05, 0.1) is 0 Å². The number of hydrogen-bond acceptors (Lipinski definition) is 6. The molecule has 0 fully saturated rings. The third-order valence-corrected chi connectivity index (χ3v) is 4.61. The molecule has 0 aliphatic heterocycles. The van der Waals surface area contributed by atoms with Crippen molar-refractivity contribution in [3.63, 3.8) is 0 Å². The second kappa shape index (κ2) is 3.26. The van der Waals surface area contributed by atoms with Gasteiger partial charge in [-0.05, 0) is 0 Å². The number of hydrogen-bond donors (Lipinski definition) is 1. The summed E-state index contributed by atoms with van der Waals surface area (Å²) in [5, 5.41) is 5.56. The van der Waals surface area contributed by atoms with Gasteiger partial charge in [-0.15, -0.1) is 11.3 Å². The fraction of sp³-hybridized carbons (Fsp3) is 0.167. The van der Waals surface area contributed by atoms with E-state index in [0.29, 0.717) is 0 Å². The van der Waals surface area contributed by atoms with Crippen LogP contribution in [0.5, 0.6) is 0 Å². The average Bonchev–Trinajstić information content (AvgIpc) is 2.53. The molecule has 88 valence electrons. The molecule has 0 radical (unpaired) electrons. The number of nitrogens with zero attached hydrogens (tertiary/aromatic N) is 2. The van der Waals surface area contributed by atoms with E-state index in [2.05, 4.69) is 4.98 Å². The zero-order valence-electron chi connectivity index (χ0n) is 7.98. The van der Waals surface area contributed by atoms with Crippen molar-refractivity contribution in [1.82, 2.24) is 9.38 Å². The summed E-state index contributed by atoms with van der Waals surface area (Å²) in [5.74, 6) is 0. The Morgan fingerprint density at radius 2 is 2.00 bits per heavy atom. The van der Waals surface area contributed by atoms with Gasteiger partial charge in [-0.25, -0.2) is 27.0 Å². The van der Waals surface area contributed by atoms with Crippen LogP contribution in [0.2, 0.25) is 0 Å². The van der Waals surface area contributed by atoms with E-state index in [1.54, 1.807) is 5.38 Å². The number of thiazole rings is 1. The number of sulfonamides is 1. The molecule has 0 amide bonds. The number of fused-ring (bicyclic) bond motifs is 1. The summed E-state index contributed by atoms with van der Waals surface area (Å²) in [6.45, 7) is 0. The number of sulfone groups is 1. The molecular formula is C6H7N3O4S3. The van der Waals surface area contributed by atoms with Gasteiger partial charge in [0, 0.05) is 17.8 Å². The number of primary sulfonamides is 1. The van der Waals surface area contributed by atoms with Crippen molar-refractivity contribution < 1.29 is 16.8 Å². The summed E-state index contributed by atoms with van der Waals surface area (Å²) in [4.78, 5) is 4.01. The van der Waals surface area contributed by atoms with Crippen LogP contribution in [0, 0.1) is 0 Å². The van der Waals surface area contributed by atoms with Gasteiger partial charge in [-0.3, -0.25) is 4.40 Å². The molecule has 0 unspecified atom stereocenters. The van der Waals surface area contributed by atoms with Gasteiger partial charge in [-0.1, -0.05) is 0 Å². The molecule has 0 aromatic carbocycles. The molecule has 0 saturated heterocycles. The highest BCUT2D eigenvalue weighted by Gasteiger charge is 2.28. The van der Waals surface area contributed by atoms with E-state index in [-0.39, 0.29) is 4.96 Å². The number of imidazole rings is 1. The SMILES string of the molecule is CS(=O)(=O)c1nc2sccn2c1S(N)(=O)=O. The van der Waals surface area contributed by atoms with Crippen LogP contribution < -0.4 is 5.14 Å². The molecular weight excluding hydrogens is 274 g/mol. The molecule has 2 aromatic rings. The summed E-state index contributed by atoms with van der Waals surface area (Å²) >= 11 is 1.12. The fourth-order valence-electron chi connectivity index (χ4n) is 1.25. The summed E-state index contributed by atoms with van der Waals surface area (Å²) in [6.07, 6.45) is 2.29. The Labute approximate surface area is 95.5 Å². The van der Waals surface area contributed by atoms with Crippen LogP contribution in [0.4, 0.5) is 0 Å². The van der Waals surface area contributed by atoms with Crippen molar-refractivity contribution in [2.75, 3.05) is 6.26 Å². The van der Waals surface area contributed by atoms with Crippen molar-refractivity contribution in [3.8, 4) is 0 Å². The minimum atomic E-state index is -4.14. The van der Waals surface area contributed by atoms with Crippen LogP contribution in [0.3, 0.4) is 0 Å². The molecule has 0 spiro atoms. The van der Waals surface area contributed by atoms with Crippen molar-refractivity contribution in [1.29, 1.82) is 0 Å². The van der Waals surface area contributed by atoms with Crippen molar-refractivity contribution in [2.45, 2.75) is 10.1 Å².